The molecule has 3 nitrogen and oxygen atoms in total. The van der Waals surface area contributed by atoms with E-state index in [2.05, 4.69) is 143 Å². The van der Waals surface area contributed by atoms with Crippen LogP contribution in [0.1, 0.15) is 0 Å². The number of rotatable bonds is 5. The van der Waals surface area contributed by atoms with Crippen LogP contribution >= 0.6 is 0 Å². The maximum absolute atomic E-state index is 5.96. The molecule has 0 unspecified atom stereocenters. The number of fused-ring (bicyclic) bond motifs is 3. The Balaban J connectivity index is 1.14. The second-order valence-electron chi connectivity index (χ2n) is 10.5. The number of para-hydroxylation sites is 3. The second kappa shape index (κ2) is 10.1. The number of nitrogens with zero attached hydrogens (tertiary/aromatic N) is 2. The Labute approximate surface area is 243 Å². The van der Waals surface area contributed by atoms with Crippen LogP contribution in [0.5, 0.6) is 0 Å². The third-order valence-electron chi connectivity index (χ3n) is 7.85. The van der Waals surface area contributed by atoms with Gasteiger partial charge in [-0.2, -0.15) is 0 Å². The zero-order valence-electron chi connectivity index (χ0n) is 22.8. The Bertz CT molecular complexity index is 2150. The van der Waals surface area contributed by atoms with E-state index in [1.807, 2.05) is 24.3 Å². The second-order valence-corrected chi connectivity index (χ2v) is 10.5. The van der Waals surface area contributed by atoms with E-state index < -0.39 is 0 Å². The molecule has 0 saturated carbocycles. The molecule has 0 fully saturated rings. The third kappa shape index (κ3) is 4.38. The average molecular weight is 539 g/mol. The Morgan fingerprint density at radius 3 is 1.69 bits per heavy atom. The summed E-state index contributed by atoms with van der Waals surface area (Å²) >= 11 is 0. The molecular formula is C39H26N2O. The van der Waals surface area contributed by atoms with Crippen LogP contribution in [0.15, 0.2) is 162 Å². The highest BCUT2D eigenvalue weighted by Gasteiger charge is 2.14. The highest BCUT2D eigenvalue weighted by Crippen LogP contribution is 2.38. The van der Waals surface area contributed by atoms with E-state index in [9.17, 15) is 0 Å². The van der Waals surface area contributed by atoms with Crippen molar-refractivity contribution in [3.63, 3.8) is 0 Å². The Kier molecular flexibility index (Phi) is 5.79. The molecule has 0 spiro atoms. The Morgan fingerprint density at radius 2 is 0.952 bits per heavy atom. The summed E-state index contributed by atoms with van der Waals surface area (Å²) in [6.45, 7) is 0. The summed E-state index contributed by atoms with van der Waals surface area (Å²) in [5, 5.41) is 4.97. The number of hydrogen-bond donors (Lipinski definition) is 0. The Hall–Kier alpha value is -5.67. The smallest absolute Gasteiger partial charge is 0.227 e. The van der Waals surface area contributed by atoms with E-state index in [0.717, 1.165) is 44.9 Å². The van der Waals surface area contributed by atoms with Crippen molar-refractivity contribution in [1.82, 2.24) is 4.98 Å². The van der Waals surface area contributed by atoms with Crippen LogP contribution in [0.3, 0.4) is 0 Å². The molecule has 3 heteroatoms. The van der Waals surface area contributed by atoms with Crippen molar-refractivity contribution >= 4 is 49.7 Å². The summed E-state index contributed by atoms with van der Waals surface area (Å²) in [5.41, 5.74) is 8.28. The van der Waals surface area contributed by atoms with Gasteiger partial charge >= 0.3 is 0 Å². The van der Waals surface area contributed by atoms with E-state index in [1.54, 1.807) is 0 Å². The van der Waals surface area contributed by atoms with Gasteiger partial charge in [0.2, 0.25) is 5.89 Å². The van der Waals surface area contributed by atoms with E-state index in [0.29, 0.717) is 5.89 Å². The number of aromatic nitrogens is 1. The molecule has 7 aromatic carbocycles. The summed E-state index contributed by atoms with van der Waals surface area (Å²) in [7, 11) is 0. The van der Waals surface area contributed by atoms with Crippen LogP contribution in [-0.2, 0) is 0 Å². The first-order chi connectivity index (χ1) is 20.8. The van der Waals surface area contributed by atoms with Gasteiger partial charge in [0, 0.05) is 22.6 Å². The lowest BCUT2D eigenvalue weighted by atomic mass is 10.0. The van der Waals surface area contributed by atoms with Gasteiger partial charge in [0.05, 0.1) is 0 Å². The van der Waals surface area contributed by atoms with Crippen molar-refractivity contribution in [2.45, 2.75) is 0 Å². The SMILES string of the molecule is c1ccc(N(c2ccc(-c3ccc(-c4nc5ccccc5o4)cc3)cc2)c2ccc3cc4ccccc4cc3c2)cc1. The number of anilines is 3. The van der Waals surface area contributed by atoms with Crippen molar-refractivity contribution in [2.75, 3.05) is 4.90 Å². The molecule has 0 aliphatic rings. The molecule has 1 aromatic heterocycles. The van der Waals surface area contributed by atoms with Crippen molar-refractivity contribution in [3.8, 4) is 22.6 Å². The van der Waals surface area contributed by atoms with E-state index in [1.165, 1.54) is 21.5 Å². The number of hydrogen-bond acceptors (Lipinski definition) is 3. The van der Waals surface area contributed by atoms with E-state index >= 15 is 0 Å². The van der Waals surface area contributed by atoms with Crippen LogP contribution in [-0.4, -0.2) is 4.98 Å². The molecule has 8 rings (SSSR count). The summed E-state index contributed by atoms with van der Waals surface area (Å²) < 4.78 is 5.96. The predicted molar refractivity (Wildman–Crippen MR) is 175 cm³/mol. The van der Waals surface area contributed by atoms with Crippen LogP contribution in [0.4, 0.5) is 17.1 Å². The first kappa shape index (κ1) is 24.2. The largest absolute Gasteiger partial charge is 0.436 e. The lowest BCUT2D eigenvalue weighted by Crippen LogP contribution is -2.09. The maximum atomic E-state index is 5.96. The minimum Gasteiger partial charge on any atom is -0.436 e. The minimum absolute atomic E-state index is 0.639. The normalized spacial score (nSPS) is 11.3. The van der Waals surface area contributed by atoms with Crippen molar-refractivity contribution < 1.29 is 4.42 Å². The maximum Gasteiger partial charge on any atom is 0.227 e. The standard InChI is InChI=1S/C39H26N2O/c1-2-10-34(11-3-1)41(36-23-20-32-24-30-8-4-5-9-31(30)25-33(32)26-36)35-21-18-28(19-22-35)27-14-16-29(17-15-27)39-40-37-12-6-7-13-38(37)42-39/h1-26H. The molecule has 198 valence electrons. The molecule has 0 bridgehead atoms. The molecule has 0 atom stereocenters. The molecule has 0 aliphatic heterocycles. The zero-order valence-corrected chi connectivity index (χ0v) is 22.8. The molecule has 0 amide bonds. The number of oxazole rings is 1. The van der Waals surface area contributed by atoms with Gasteiger partial charge in [-0.1, -0.05) is 84.9 Å². The van der Waals surface area contributed by atoms with Gasteiger partial charge in [0.15, 0.2) is 5.58 Å². The van der Waals surface area contributed by atoms with Gasteiger partial charge in [-0.25, -0.2) is 4.98 Å². The molecule has 8 aromatic rings. The third-order valence-corrected chi connectivity index (χ3v) is 7.85. The number of benzene rings is 7. The zero-order chi connectivity index (χ0) is 27.9. The van der Waals surface area contributed by atoms with Crippen LogP contribution in [0.2, 0.25) is 0 Å². The lowest BCUT2D eigenvalue weighted by Gasteiger charge is -2.26. The van der Waals surface area contributed by atoms with E-state index in [4.69, 9.17) is 4.42 Å². The molecule has 0 N–H and O–H groups in total. The van der Waals surface area contributed by atoms with Crippen LogP contribution < -0.4 is 4.90 Å². The van der Waals surface area contributed by atoms with Gasteiger partial charge in [-0.15, -0.1) is 0 Å². The lowest BCUT2D eigenvalue weighted by molar-refractivity contribution is 0.620. The van der Waals surface area contributed by atoms with E-state index in [-0.39, 0.29) is 0 Å². The van der Waals surface area contributed by atoms with Crippen LogP contribution in [0.25, 0.3) is 55.2 Å². The minimum atomic E-state index is 0.639. The molecule has 1 heterocycles. The van der Waals surface area contributed by atoms with Crippen molar-refractivity contribution in [1.29, 1.82) is 0 Å². The average Bonchev–Trinajstić information content (AvgIpc) is 3.49. The highest BCUT2D eigenvalue weighted by atomic mass is 16.3. The first-order valence-corrected chi connectivity index (χ1v) is 14.1. The summed E-state index contributed by atoms with van der Waals surface area (Å²) in [4.78, 5) is 6.95. The Morgan fingerprint density at radius 1 is 0.405 bits per heavy atom. The van der Waals surface area contributed by atoms with Crippen LogP contribution in [0, 0.1) is 0 Å². The topological polar surface area (TPSA) is 29.3 Å². The van der Waals surface area contributed by atoms with Crippen molar-refractivity contribution in [3.05, 3.63) is 158 Å². The van der Waals surface area contributed by atoms with Gasteiger partial charge in [0.25, 0.3) is 0 Å². The first-order valence-electron chi connectivity index (χ1n) is 14.1. The molecular weight excluding hydrogens is 512 g/mol. The molecule has 0 saturated heterocycles. The fourth-order valence-electron chi connectivity index (χ4n) is 5.69. The molecule has 42 heavy (non-hydrogen) atoms. The monoisotopic (exact) mass is 538 g/mol. The highest BCUT2D eigenvalue weighted by molar-refractivity contribution is 6.00. The molecule has 0 radical (unpaired) electrons. The summed E-state index contributed by atoms with van der Waals surface area (Å²) in [5.74, 6) is 0.639. The van der Waals surface area contributed by atoms with Gasteiger partial charge in [0.1, 0.15) is 5.52 Å². The fraction of sp³-hybridized carbons (Fsp3) is 0. The van der Waals surface area contributed by atoms with Gasteiger partial charge in [-0.05, 0) is 105 Å². The summed E-state index contributed by atoms with van der Waals surface area (Å²) in [6.07, 6.45) is 0. The van der Waals surface area contributed by atoms with Gasteiger partial charge in [-0.3, -0.25) is 0 Å². The van der Waals surface area contributed by atoms with Crippen molar-refractivity contribution in [2.24, 2.45) is 0 Å². The fourth-order valence-corrected chi connectivity index (χ4v) is 5.69. The summed E-state index contributed by atoms with van der Waals surface area (Å²) in [6, 6.07) is 55.4. The molecule has 0 aliphatic carbocycles. The predicted octanol–water partition coefficient (Wildman–Crippen LogP) is 10.9. The van der Waals surface area contributed by atoms with Gasteiger partial charge < -0.3 is 9.32 Å². The quantitative estimate of drug-likeness (QED) is 0.204.